The topological polar surface area (TPSA) is 117 Å². The second-order valence-electron chi connectivity index (χ2n) is 8.13. The molecule has 160 valence electrons. The Morgan fingerprint density at radius 1 is 1.20 bits per heavy atom. The highest BCUT2D eigenvalue weighted by Crippen LogP contribution is 2.29. The highest BCUT2D eigenvalue weighted by atomic mass is 16.5. The Hall–Kier alpha value is -2.62. The van der Waals surface area contributed by atoms with E-state index in [2.05, 4.69) is 16.0 Å². The lowest BCUT2D eigenvalue weighted by atomic mass is 9.94. The largest absolute Gasteiger partial charge is 0.385 e. The van der Waals surface area contributed by atoms with E-state index in [0.29, 0.717) is 24.3 Å². The van der Waals surface area contributed by atoms with Gasteiger partial charge < -0.3 is 15.4 Å². The second kappa shape index (κ2) is 8.25. The monoisotopic (exact) mass is 414 g/mol. The fraction of sp³-hybridized carbons (Fsp3) is 0.524. The third-order valence-electron chi connectivity index (χ3n) is 6.20. The third kappa shape index (κ3) is 3.76. The molecule has 2 unspecified atom stereocenters. The molecular weight excluding hydrogens is 388 g/mol. The van der Waals surface area contributed by atoms with Crippen molar-refractivity contribution in [1.82, 2.24) is 20.9 Å². The van der Waals surface area contributed by atoms with Gasteiger partial charge in [0.2, 0.25) is 11.8 Å². The lowest BCUT2D eigenvalue weighted by molar-refractivity contribution is -0.136. The Bertz CT molecular complexity index is 893. The normalized spacial score (nSPS) is 26.3. The molecule has 0 aliphatic carbocycles. The van der Waals surface area contributed by atoms with Crippen LogP contribution in [0.2, 0.25) is 0 Å². The molecule has 4 rings (SSSR count). The first-order valence-corrected chi connectivity index (χ1v) is 10.2. The molecule has 3 aliphatic rings. The quantitative estimate of drug-likeness (QED) is 0.536. The summed E-state index contributed by atoms with van der Waals surface area (Å²) in [6.07, 6.45) is 2.13. The van der Waals surface area contributed by atoms with Gasteiger partial charge in [0.15, 0.2) is 0 Å². The number of imide groups is 2. The molecule has 9 nitrogen and oxygen atoms in total. The van der Waals surface area contributed by atoms with Crippen LogP contribution in [0.15, 0.2) is 18.2 Å². The van der Waals surface area contributed by atoms with Gasteiger partial charge in [0.1, 0.15) is 6.04 Å². The van der Waals surface area contributed by atoms with Crippen LogP contribution in [0, 0.1) is 0 Å². The van der Waals surface area contributed by atoms with Crippen LogP contribution < -0.4 is 16.0 Å². The van der Waals surface area contributed by atoms with E-state index in [1.165, 1.54) is 0 Å². The fourth-order valence-electron chi connectivity index (χ4n) is 4.41. The molecule has 1 aromatic rings. The van der Waals surface area contributed by atoms with Gasteiger partial charge in [-0.2, -0.15) is 0 Å². The number of rotatable bonds is 7. The minimum atomic E-state index is -0.946. The van der Waals surface area contributed by atoms with Crippen molar-refractivity contribution in [2.45, 2.75) is 43.8 Å². The van der Waals surface area contributed by atoms with Gasteiger partial charge in [0.05, 0.1) is 11.1 Å². The van der Waals surface area contributed by atoms with Crippen LogP contribution in [0.1, 0.15) is 52.0 Å². The van der Waals surface area contributed by atoms with Crippen LogP contribution in [0.5, 0.6) is 0 Å². The van der Waals surface area contributed by atoms with Gasteiger partial charge in [-0.25, -0.2) is 0 Å². The van der Waals surface area contributed by atoms with Crippen molar-refractivity contribution in [3.8, 4) is 0 Å². The SMILES string of the molecule is COCCC1(NCc2ccc3c(c2)C(=O)N(C2CCC(=O)NC2=O)C3=O)CCNC1. The summed E-state index contributed by atoms with van der Waals surface area (Å²) in [5.41, 5.74) is 1.43. The average Bonchev–Trinajstić information content (AvgIpc) is 3.29. The predicted octanol–water partition coefficient (Wildman–Crippen LogP) is -0.0540. The van der Waals surface area contributed by atoms with Crippen LogP contribution >= 0.6 is 0 Å². The number of methoxy groups -OCH3 is 1. The first-order valence-electron chi connectivity index (χ1n) is 10.2. The zero-order valence-electron chi connectivity index (χ0n) is 17.0. The van der Waals surface area contributed by atoms with Crippen LogP contribution in [-0.4, -0.2) is 66.9 Å². The molecule has 0 saturated carbocycles. The molecule has 2 saturated heterocycles. The molecular formula is C21H26N4O5. The number of piperidine rings is 1. The highest BCUT2D eigenvalue weighted by Gasteiger charge is 2.44. The summed E-state index contributed by atoms with van der Waals surface area (Å²) in [4.78, 5) is 50.3. The zero-order chi connectivity index (χ0) is 21.3. The Morgan fingerprint density at radius 3 is 2.70 bits per heavy atom. The number of carbonyl (C=O) groups is 4. The van der Waals surface area contributed by atoms with Crippen molar-refractivity contribution in [2.75, 3.05) is 26.8 Å². The van der Waals surface area contributed by atoms with E-state index in [-0.39, 0.29) is 24.3 Å². The van der Waals surface area contributed by atoms with E-state index < -0.39 is 23.8 Å². The lowest BCUT2D eigenvalue weighted by Gasteiger charge is -2.29. The molecule has 0 bridgehead atoms. The number of nitrogens with one attached hydrogen (secondary N) is 3. The van der Waals surface area contributed by atoms with E-state index in [1.54, 1.807) is 19.2 Å². The summed E-state index contributed by atoms with van der Waals surface area (Å²) in [6.45, 7) is 3.00. The van der Waals surface area contributed by atoms with Gasteiger partial charge in [0, 0.05) is 38.8 Å². The van der Waals surface area contributed by atoms with Crippen LogP contribution in [-0.2, 0) is 20.9 Å². The first-order chi connectivity index (χ1) is 14.4. The molecule has 9 heteroatoms. The number of nitrogens with zero attached hydrogens (tertiary/aromatic N) is 1. The number of benzene rings is 1. The Balaban J connectivity index is 1.49. The number of fused-ring (bicyclic) bond motifs is 1. The molecule has 4 amide bonds. The van der Waals surface area contributed by atoms with Gasteiger partial charge in [-0.15, -0.1) is 0 Å². The van der Waals surface area contributed by atoms with Gasteiger partial charge in [-0.05, 0) is 43.5 Å². The summed E-state index contributed by atoms with van der Waals surface area (Å²) in [7, 11) is 1.69. The number of hydrogen-bond donors (Lipinski definition) is 3. The number of carbonyl (C=O) groups excluding carboxylic acids is 4. The van der Waals surface area contributed by atoms with E-state index in [1.807, 2.05) is 6.07 Å². The fourth-order valence-corrected chi connectivity index (χ4v) is 4.41. The maximum absolute atomic E-state index is 12.9. The summed E-state index contributed by atoms with van der Waals surface area (Å²) < 4.78 is 5.24. The van der Waals surface area contributed by atoms with Crippen molar-refractivity contribution in [1.29, 1.82) is 0 Å². The Morgan fingerprint density at radius 2 is 2.00 bits per heavy atom. The second-order valence-corrected chi connectivity index (χ2v) is 8.13. The van der Waals surface area contributed by atoms with E-state index >= 15 is 0 Å². The van der Waals surface area contributed by atoms with E-state index in [4.69, 9.17) is 4.74 Å². The van der Waals surface area contributed by atoms with Gasteiger partial charge in [0.25, 0.3) is 11.8 Å². The minimum absolute atomic E-state index is 0.0619. The lowest BCUT2D eigenvalue weighted by Crippen LogP contribution is -2.54. The smallest absolute Gasteiger partial charge is 0.262 e. The number of hydrogen-bond acceptors (Lipinski definition) is 7. The molecule has 3 heterocycles. The van der Waals surface area contributed by atoms with Gasteiger partial charge >= 0.3 is 0 Å². The summed E-state index contributed by atoms with van der Waals surface area (Å²) >= 11 is 0. The van der Waals surface area contributed by atoms with Crippen LogP contribution in [0.3, 0.4) is 0 Å². The Labute approximate surface area is 174 Å². The van der Waals surface area contributed by atoms with Gasteiger partial charge in [-0.3, -0.25) is 29.4 Å². The first kappa shape index (κ1) is 20.6. The molecule has 3 N–H and O–H groups in total. The van der Waals surface area contributed by atoms with Gasteiger partial charge in [-0.1, -0.05) is 6.07 Å². The Kier molecular flexibility index (Phi) is 5.68. The zero-order valence-corrected chi connectivity index (χ0v) is 17.0. The van der Waals surface area contributed by atoms with Crippen LogP contribution in [0.25, 0.3) is 0 Å². The standard InChI is InChI=1S/C21H26N4O5/c1-30-9-7-21(6-8-22-12-21)23-11-13-2-3-14-15(10-13)20(29)25(19(14)28)16-4-5-17(26)24-18(16)27/h2-3,10,16,22-23H,4-9,11-12H2,1H3,(H,24,26,27). The maximum Gasteiger partial charge on any atom is 0.262 e. The molecule has 30 heavy (non-hydrogen) atoms. The van der Waals surface area contributed by atoms with Crippen molar-refractivity contribution < 1.29 is 23.9 Å². The average molecular weight is 414 g/mol. The summed E-state index contributed by atoms with van der Waals surface area (Å²) in [6, 6.07) is 4.25. The summed E-state index contributed by atoms with van der Waals surface area (Å²) in [5.74, 6) is -1.95. The van der Waals surface area contributed by atoms with Crippen molar-refractivity contribution in [3.05, 3.63) is 34.9 Å². The minimum Gasteiger partial charge on any atom is -0.385 e. The molecule has 2 atom stereocenters. The number of ether oxygens (including phenoxy) is 1. The third-order valence-corrected chi connectivity index (χ3v) is 6.20. The van der Waals surface area contributed by atoms with E-state index in [0.717, 1.165) is 36.4 Å². The van der Waals surface area contributed by atoms with Crippen molar-refractivity contribution in [3.63, 3.8) is 0 Å². The molecule has 1 aromatic carbocycles. The predicted molar refractivity (Wildman–Crippen MR) is 107 cm³/mol. The van der Waals surface area contributed by atoms with Crippen molar-refractivity contribution in [2.24, 2.45) is 0 Å². The maximum atomic E-state index is 12.9. The van der Waals surface area contributed by atoms with E-state index in [9.17, 15) is 19.2 Å². The summed E-state index contributed by atoms with van der Waals surface area (Å²) in [5, 5.41) is 9.18. The highest BCUT2D eigenvalue weighted by molar-refractivity contribution is 6.23. The van der Waals surface area contributed by atoms with Crippen LogP contribution in [0.4, 0.5) is 0 Å². The molecule has 0 aromatic heterocycles. The molecule has 2 fully saturated rings. The number of amides is 4. The molecule has 0 radical (unpaired) electrons. The molecule has 3 aliphatic heterocycles. The molecule has 0 spiro atoms. The van der Waals surface area contributed by atoms with Crippen molar-refractivity contribution >= 4 is 23.6 Å².